The monoisotopic (exact) mass is 412 g/mol. The topological polar surface area (TPSA) is 114 Å². The van der Waals surface area contributed by atoms with E-state index < -0.39 is 30.1 Å². The number of carboxylic acid groups (broad SMARTS) is 1. The van der Waals surface area contributed by atoms with Crippen LogP contribution in [-0.2, 0) is 19.1 Å². The smallest absolute Gasteiger partial charge is 0.407 e. The molecule has 0 fully saturated rings. The zero-order chi connectivity index (χ0) is 21.7. The van der Waals surface area contributed by atoms with E-state index in [9.17, 15) is 14.4 Å². The summed E-state index contributed by atoms with van der Waals surface area (Å²) in [7, 11) is 1.38. The molecule has 0 radical (unpaired) electrons. The lowest BCUT2D eigenvalue weighted by atomic mass is 9.98. The number of hydrogen-bond donors (Lipinski definition) is 3. The molecule has 0 spiro atoms. The van der Waals surface area contributed by atoms with Gasteiger partial charge in [-0.05, 0) is 29.2 Å². The summed E-state index contributed by atoms with van der Waals surface area (Å²) in [5.41, 5.74) is 4.38. The Bertz CT molecular complexity index is 899. The number of carboxylic acids is 1. The Morgan fingerprint density at radius 2 is 1.57 bits per heavy atom. The quantitative estimate of drug-likeness (QED) is 0.612. The normalized spacial score (nSPS) is 14.2. The van der Waals surface area contributed by atoms with Gasteiger partial charge < -0.3 is 25.2 Å². The standard InChI is InChI=1S/C22H24N2O6/c1-13(21(26)27)23-20(25)19(12-29-2)24-22(28)30-11-18-16-9-5-3-7-14(16)15-8-4-6-10-17(15)18/h3-10,13,18-19H,11-12H2,1-2H3,(H,23,25)(H,24,28)(H,26,27). The first-order valence-corrected chi connectivity index (χ1v) is 9.56. The maximum absolute atomic E-state index is 12.3. The van der Waals surface area contributed by atoms with E-state index in [0.29, 0.717) is 0 Å². The summed E-state index contributed by atoms with van der Waals surface area (Å²) in [5.74, 6) is -1.95. The molecule has 2 aromatic rings. The van der Waals surface area contributed by atoms with Crippen molar-refractivity contribution < 1.29 is 29.0 Å². The van der Waals surface area contributed by atoms with Gasteiger partial charge in [0.1, 0.15) is 18.7 Å². The first kappa shape index (κ1) is 21.3. The van der Waals surface area contributed by atoms with E-state index in [-0.39, 0.29) is 19.1 Å². The first-order valence-electron chi connectivity index (χ1n) is 9.56. The highest BCUT2D eigenvalue weighted by Crippen LogP contribution is 2.44. The van der Waals surface area contributed by atoms with Crippen LogP contribution in [0.15, 0.2) is 48.5 Å². The van der Waals surface area contributed by atoms with Crippen LogP contribution in [0.5, 0.6) is 0 Å². The number of amides is 2. The Balaban J connectivity index is 1.65. The zero-order valence-electron chi connectivity index (χ0n) is 16.8. The van der Waals surface area contributed by atoms with Gasteiger partial charge in [0.25, 0.3) is 0 Å². The number of fused-ring (bicyclic) bond motifs is 3. The van der Waals surface area contributed by atoms with E-state index in [1.807, 2.05) is 48.5 Å². The summed E-state index contributed by atoms with van der Waals surface area (Å²) < 4.78 is 10.4. The van der Waals surface area contributed by atoms with Crippen molar-refractivity contribution in [3.05, 3.63) is 59.7 Å². The molecule has 0 heterocycles. The molecule has 8 nitrogen and oxygen atoms in total. The number of aliphatic carboxylic acids is 1. The van der Waals surface area contributed by atoms with Crippen molar-refractivity contribution >= 4 is 18.0 Å². The molecular formula is C22H24N2O6. The maximum Gasteiger partial charge on any atom is 0.407 e. The van der Waals surface area contributed by atoms with Gasteiger partial charge in [-0.3, -0.25) is 9.59 Å². The van der Waals surface area contributed by atoms with E-state index in [1.165, 1.54) is 14.0 Å². The molecule has 0 bridgehead atoms. The van der Waals surface area contributed by atoms with Crippen LogP contribution in [0.2, 0.25) is 0 Å². The van der Waals surface area contributed by atoms with E-state index in [0.717, 1.165) is 22.3 Å². The molecule has 2 amide bonds. The third-order valence-corrected chi connectivity index (χ3v) is 5.01. The van der Waals surface area contributed by atoms with Crippen LogP contribution in [0.4, 0.5) is 4.79 Å². The van der Waals surface area contributed by atoms with Gasteiger partial charge in [0.05, 0.1) is 6.61 Å². The number of alkyl carbamates (subject to hydrolysis) is 1. The Kier molecular flexibility index (Phi) is 6.68. The number of carbonyl (C=O) groups excluding carboxylic acids is 2. The molecule has 0 saturated heterocycles. The van der Waals surface area contributed by atoms with Gasteiger partial charge in [0.2, 0.25) is 5.91 Å². The summed E-state index contributed by atoms with van der Waals surface area (Å²) in [4.78, 5) is 35.5. The molecule has 3 N–H and O–H groups in total. The van der Waals surface area contributed by atoms with Gasteiger partial charge in [-0.15, -0.1) is 0 Å². The minimum Gasteiger partial charge on any atom is -0.480 e. The lowest BCUT2D eigenvalue weighted by molar-refractivity contribution is -0.141. The summed E-state index contributed by atoms with van der Waals surface area (Å²) in [6.07, 6.45) is -0.781. The fourth-order valence-corrected chi connectivity index (χ4v) is 3.51. The Hall–Kier alpha value is -3.39. The first-order chi connectivity index (χ1) is 14.4. The van der Waals surface area contributed by atoms with Crippen LogP contribution in [0.25, 0.3) is 11.1 Å². The SMILES string of the molecule is COCC(NC(=O)OCC1c2ccccc2-c2ccccc21)C(=O)NC(C)C(=O)O. The van der Waals surface area contributed by atoms with Gasteiger partial charge >= 0.3 is 12.1 Å². The molecule has 8 heteroatoms. The van der Waals surface area contributed by atoms with Gasteiger partial charge in [-0.25, -0.2) is 4.79 Å². The highest BCUT2D eigenvalue weighted by Gasteiger charge is 2.30. The van der Waals surface area contributed by atoms with Gasteiger partial charge in [0, 0.05) is 13.0 Å². The van der Waals surface area contributed by atoms with Gasteiger partial charge in [-0.1, -0.05) is 48.5 Å². The van der Waals surface area contributed by atoms with Crippen LogP contribution in [-0.4, -0.2) is 55.5 Å². The van der Waals surface area contributed by atoms with Crippen LogP contribution in [0.3, 0.4) is 0 Å². The largest absolute Gasteiger partial charge is 0.480 e. The molecule has 1 aliphatic rings. The van der Waals surface area contributed by atoms with Crippen molar-refractivity contribution in [3.8, 4) is 11.1 Å². The van der Waals surface area contributed by atoms with Gasteiger partial charge in [0.15, 0.2) is 0 Å². The van der Waals surface area contributed by atoms with Crippen molar-refractivity contribution in [2.24, 2.45) is 0 Å². The molecule has 0 aromatic heterocycles. The third-order valence-electron chi connectivity index (χ3n) is 5.01. The number of rotatable bonds is 8. The second kappa shape index (κ2) is 9.41. The molecular weight excluding hydrogens is 388 g/mol. The number of hydrogen-bond acceptors (Lipinski definition) is 5. The van der Waals surface area contributed by atoms with E-state index in [2.05, 4.69) is 10.6 Å². The highest BCUT2D eigenvalue weighted by molar-refractivity contribution is 5.89. The molecule has 0 saturated carbocycles. The summed E-state index contributed by atoms with van der Waals surface area (Å²) in [6.45, 7) is 1.31. The summed E-state index contributed by atoms with van der Waals surface area (Å²) in [5, 5.41) is 13.7. The number of nitrogens with one attached hydrogen (secondary N) is 2. The van der Waals surface area contributed by atoms with Crippen molar-refractivity contribution in [1.29, 1.82) is 0 Å². The lowest BCUT2D eigenvalue weighted by Gasteiger charge is -2.20. The minimum absolute atomic E-state index is 0.104. The maximum atomic E-state index is 12.3. The number of methoxy groups -OCH3 is 1. The molecule has 1 aliphatic carbocycles. The van der Waals surface area contributed by atoms with E-state index in [4.69, 9.17) is 14.6 Å². The highest BCUT2D eigenvalue weighted by atomic mass is 16.5. The van der Waals surface area contributed by atoms with Crippen molar-refractivity contribution in [1.82, 2.24) is 10.6 Å². The average molecular weight is 412 g/mol. The number of ether oxygens (including phenoxy) is 2. The van der Waals surface area contributed by atoms with E-state index >= 15 is 0 Å². The van der Waals surface area contributed by atoms with E-state index in [1.54, 1.807) is 0 Å². The number of benzene rings is 2. The number of carbonyl (C=O) groups is 3. The van der Waals surface area contributed by atoms with Crippen molar-refractivity contribution in [2.45, 2.75) is 24.9 Å². The summed E-state index contributed by atoms with van der Waals surface area (Å²) >= 11 is 0. The van der Waals surface area contributed by atoms with Crippen LogP contribution in [0, 0.1) is 0 Å². The van der Waals surface area contributed by atoms with Crippen LogP contribution >= 0.6 is 0 Å². The Morgan fingerprint density at radius 3 is 2.10 bits per heavy atom. The predicted molar refractivity (Wildman–Crippen MR) is 109 cm³/mol. The molecule has 158 valence electrons. The fourth-order valence-electron chi connectivity index (χ4n) is 3.51. The zero-order valence-corrected chi connectivity index (χ0v) is 16.8. The van der Waals surface area contributed by atoms with Crippen molar-refractivity contribution in [2.75, 3.05) is 20.3 Å². The second-order valence-corrected chi connectivity index (χ2v) is 7.05. The molecule has 2 aromatic carbocycles. The van der Waals surface area contributed by atoms with Crippen molar-refractivity contribution in [3.63, 3.8) is 0 Å². The molecule has 30 heavy (non-hydrogen) atoms. The summed E-state index contributed by atoms with van der Waals surface area (Å²) in [6, 6.07) is 13.8. The fraction of sp³-hybridized carbons (Fsp3) is 0.318. The molecule has 2 atom stereocenters. The third kappa shape index (κ3) is 4.60. The molecule has 3 rings (SSSR count). The molecule has 0 aliphatic heterocycles. The predicted octanol–water partition coefficient (Wildman–Crippen LogP) is 2.13. The minimum atomic E-state index is -1.18. The Labute approximate surface area is 174 Å². The lowest BCUT2D eigenvalue weighted by Crippen LogP contribution is -2.52. The van der Waals surface area contributed by atoms with Crippen LogP contribution in [0.1, 0.15) is 24.0 Å². The second-order valence-electron chi connectivity index (χ2n) is 7.05. The van der Waals surface area contributed by atoms with Gasteiger partial charge in [-0.2, -0.15) is 0 Å². The molecule has 2 unspecified atom stereocenters. The van der Waals surface area contributed by atoms with Crippen LogP contribution < -0.4 is 10.6 Å². The Morgan fingerprint density at radius 1 is 1.00 bits per heavy atom. The average Bonchev–Trinajstić information content (AvgIpc) is 3.05.